The molecule has 0 amide bonds. The maximum Gasteiger partial charge on any atom is 0.194 e. The maximum absolute atomic E-state index is 5.46. The lowest BCUT2D eigenvalue weighted by atomic mass is 10.1. The van der Waals surface area contributed by atoms with Crippen LogP contribution in [0.1, 0.15) is 51.1 Å². The van der Waals surface area contributed by atoms with Crippen molar-refractivity contribution >= 4 is 40.2 Å². The lowest BCUT2D eigenvalue weighted by Crippen LogP contribution is -2.36. The van der Waals surface area contributed by atoms with Crippen molar-refractivity contribution in [3.05, 3.63) is 75.3 Å². The van der Waals surface area contributed by atoms with Crippen LogP contribution in [0.5, 0.6) is 0 Å². The number of allylic oxidation sites excluding steroid dienone is 7. The molecular formula is C29H39N5OS. The van der Waals surface area contributed by atoms with E-state index in [1.165, 1.54) is 22.4 Å². The van der Waals surface area contributed by atoms with Gasteiger partial charge in [-0.1, -0.05) is 43.2 Å². The first kappa shape index (κ1) is 25.9. The minimum Gasteiger partial charge on any atom is -0.378 e. The molecule has 0 spiro atoms. The third kappa shape index (κ3) is 6.15. The van der Waals surface area contributed by atoms with Crippen molar-refractivity contribution in [2.75, 3.05) is 36.5 Å². The summed E-state index contributed by atoms with van der Waals surface area (Å²) >= 11 is 1.73. The zero-order chi connectivity index (χ0) is 25.5. The van der Waals surface area contributed by atoms with E-state index in [0.29, 0.717) is 0 Å². The number of thiazole rings is 1. The fraction of sp³-hybridized carbons (Fsp3) is 0.379. The molecule has 3 aliphatic rings. The number of anilines is 2. The third-order valence-corrected chi connectivity index (χ3v) is 7.51. The highest BCUT2D eigenvalue weighted by molar-refractivity contribution is 7.14. The van der Waals surface area contributed by atoms with Crippen molar-refractivity contribution < 1.29 is 6.16 Å². The number of aryl methyl sites for hydroxylation is 1. The first-order valence-electron chi connectivity index (χ1n) is 12.8. The van der Waals surface area contributed by atoms with Gasteiger partial charge in [-0.25, -0.2) is 9.98 Å². The molecule has 0 bridgehead atoms. The van der Waals surface area contributed by atoms with Gasteiger partial charge >= 0.3 is 0 Å². The summed E-state index contributed by atoms with van der Waals surface area (Å²) < 4.78 is 5.46. The van der Waals surface area contributed by atoms with Gasteiger partial charge in [0.1, 0.15) is 5.01 Å². The van der Waals surface area contributed by atoms with Crippen LogP contribution in [0, 0.1) is 6.92 Å². The molecule has 1 atom stereocenters. The standard InChI is InChI=1S/C27H31N5OS.C2H6.H2/c1-18-4-6-19(2)23(11-5-18)26-29-20(3)25(34-26)24-12-13-28-27(31-24)30-21-7-9-22(10-8-21)32-14-16-33-17-15-32;1-2;/h4-5,7-13,27,30-31H,6,14-17H2,1-3H3;1-2H3;1H. The first-order chi connectivity index (χ1) is 17.6. The lowest BCUT2D eigenvalue weighted by Gasteiger charge is -2.29. The van der Waals surface area contributed by atoms with Crippen LogP contribution in [-0.4, -0.2) is 43.8 Å². The van der Waals surface area contributed by atoms with Gasteiger partial charge in [-0.3, -0.25) is 0 Å². The second kappa shape index (κ2) is 12.2. The van der Waals surface area contributed by atoms with Crippen LogP contribution in [0.25, 0.3) is 11.3 Å². The molecule has 0 saturated carbocycles. The number of morpholine rings is 1. The largest absolute Gasteiger partial charge is 0.378 e. The Morgan fingerprint density at radius 2 is 1.83 bits per heavy atom. The Morgan fingerprint density at radius 1 is 1.08 bits per heavy atom. The number of benzene rings is 1. The SMILES string of the molecule is CC.CC1=CCC(C)=C(c2nc(C)c(C3=CC=NC(Nc4ccc(N5CCOCC5)cc4)N3)s2)C=C1.[HH]. The van der Waals surface area contributed by atoms with Crippen LogP contribution in [0.2, 0.25) is 0 Å². The van der Waals surface area contributed by atoms with Crippen LogP contribution < -0.4 is 15.5 Å². The number of hydrogen-bond acceptors (Lipinski definition) is 7. The minimum atomic E-state index is -0.232. The van der Waals surface area contributed by atoms with Crippen LogP contribution in [0.15, 0.2) is 64.7 Å². The molecule has 2 aromatic rings. The molecule has 36 heavy (non-hydrogen) atoms. The molecule has 1 aromatic carbocycles. The van der Waals surface area contributed by atoms with Gasteiger partial charge in [0.25, 0.3) is 0 Å². The summed E-state index contributed by atoms with van der Waals surface area (Å²) in [5.74, 6) is 0. The predicted octanol–water partition coefficient (Wildman–Crippen LogP) is 6.65. The number of nitrogens with one attached hydrogen (secondary N) is 2. The second-order valence-corrected chi connectivity index (χ2v) is 9.83. The number of aliphatic imine (C=N–C) groups is 1. The molecule has 1 saturated heterocycles. The van der Waals surface area contributed by atoms with E-state index in [0.717, 1.165) is 59.7 Å². The smallest absolute Gasteiger partial charge is 0.194 e. The van der Waals surface area contributed by atoms with E-state index in [9.17, 15) is 0 Å². The fourth-order valence-electron chi connectivity index (χ4n) is 4.26. The van der Waals surface area contributed by atoms with Crippen molar-refractivity contribution in [2.45, 2.75) is 47.3 Å². The van der Waals surface area contributed by atoms with Gasteiger partial charge in [-0.2, -0.15) is 0 Å². The summed E-state index contributed by atoms with van der Waals surface area (Å²) in [6.07, 6.45) is 11.3. The molecule has 3 heterocycles. The van der Waals surface area contributed by atoms with Crippen LogP contribution in [-0.2, 0) is 4.74 Å². The van der Waals surface area contributed by atoms with Gasteiger partial charge in [0.2, 0.25) is 0 Å². The topological polar surface area (TPSA) is 61.8 Å². The highest BCUT2D eigenvalue weighted by atomic mass is 32.1. The Morgan fingerprint density at radius 3 is 2.58 bits per heavy atom. The molecule has 5 rings (SSSR count). The van der Waals surface area contributed by atoms with Crippen LogP contribution in [0.3, 0.4) is 0 Å². The minimum absolute atomic E-state index is 0. The fourth-order valence-corrected chi connectivity index (χ4v) is 5.42. The molecule has 0 radical (unpaired) electrons. The average Bonchev–Trinajstić information content (AvgIpc) is 3.22. The summed E-state index contributed by atoms with van der Waals surface area (Å²) in [5.41, 5.74) is 8.21. The lowest BCUT2D eigenvalue weighted by molar-refractivity contribution is 0.122. The highest BCUT2D eigenvalue weighted by Crippen LogP contribution is 2.34. The molecule has 2 N–H and O–H groups in total. The van der Waals surface area contributed by atoms with Gasteiger partial charge in [-0.15, -0.1) is 11.3 Å². The first-order valence-corrected chi connectivity index (χ1v) is 13.6. The Hall–Kier alpha value is -3.16. The zero-order valence-electron chi connectivity index (χ0n) is 22.0. The predicted molar refractivity (Wildman–Crippen MR) is 157 cm³/mol. The van der Waals surface area contributed by atoms with Gasteiger partial charge in [0, 0.05) is 37.7 Å². The summed E-state index contributed by atoms with van der Waals surface area (Å²) in [4.78, 5) is 13.0. The number of nitrogens with zero attached hydrogens (tertiary/aromatic N) is 3. The molecular weight excluding hydrogens is 466 g/mol. The summed E-state index contributed by atoms with van der Waals surface area (Å²) in [6.45, 7) is 13.9. The molecule has 1 aromatic heterocycles. The molecule has 1 unspecified atom stereocenters. The summed E-state index contributed by atoms with van der Waals surface area (Å²) in [5, 5.41) is 8.09. The Kier molecular flexibility index (Phi) is 8.78. The van der Waals surface area contributed by atoms with E-state index in [4.69, 9.17) is 9.72 Å². The van der Waals surface area contributed by atoms with Crippen molar-refractivity contribution in [3.63, 3.8) is 0 Å². The molecule has 6 nitrogen and oxygen atoms in total. The Balaban J connectivity index is 0.00000124. The van der Waals surface area contributed by atoms with E-state index in [1.54, 1.807) is 11.3 Å². The number of hydrogen-bond donors (Lipinski definition) is 2. The molecule has 2 aliphatic heterocycles. The number of aromatic nitrogens is 1. The van der Waals surface area contributed by atoms with Gasteiger partial charge < -0.3 is 20.3 Å². The third-order valence-electron chi connectivity index (χ3n) is 6.29. The average molecular weight is 506 g/mol. The monoisotopic (exact) mass is 505 g/mol. The molecule has 1 fully saturated rings. The van der Waals surface area contributed by atoms with Crippen molar-refractivity contribution in [1.29, 1.82) is 0 Å². The number of rotatable bonds is 5. The van der Waals surface area contributed by atoms with Crippen molar-refractivity contribution in [2.24, 2.45) is 4.99 Å². The molecule has 1 aliphatic carbocycles. The van der Waals surface area contributed by atoms with E-state index < -0.39 is 0 Å². The van der Waals surface area contributed by atoms with Crippen molar-refractivity contribution in [1.82, 2.24) is 10.3 Å². The quantitative estimate of drug-likeness (QED) is 0.476. The van der Waals surface area contributed by atoms with Gasteiger partial charge in [-0.05, 0) is 57.5 Å². The van der Waals surface area contributed by atoms with Gasteiger partial charge in [0.15, 0.2) is 6.29 Å². The normalized spacial score (nSPS) is 19.6. The molecule has 192 valence electrons. The number of ether oxygens (including phenoxy) is 1. The van der Waals surface area contributed by atoms with Crippen LogP contribution >= 0.6 is 11.3 Å². The summed E-state index contributed by atoms with van der Waals surface area (Å²) in [7, 11) is 0. The van der Waals surface area contributed by atoms with E-state index in [2.05, 4.69) is 83.8 Å². The zero-order valence-corrected chi connectivity index (χ0v) is 22.8. The van der Waals surface area contributed by atoms with Crippen LogP contribution in [0.4, 0.5) is 11.4 Å². The Labute approximate surface area is 220 Å². The van der Waals surface area contributed by atoms with Gasteiger partial charge in [0.05, 0.1) is 29.5 Å². The Bertz CT molecular complexity index is 1200. The maximum atomic E-state index is 5.46. The summed E-state index contributed by atoms with van der Waals surface area (Å²) in [6, 6.07) is 8.53. The van der Waals surface area contributed by atoms with E-state index in [-0.39, 0.29) is 7.72 Å². The molecule has 7 heteroatoms. The van der Waals surface area contributed by atoms with E-state index >= 15 is 0 Å². The van der Waals surface area contributed by atoms with E-state index in [1.807, 2.05) is 26.1 Å². The van der Waals surface area contributed by atoms with Crippen molar-refractivity contribution in [3.8, 4) is 0 Å². The highest BCUT2D eigenvalue weighted by Gasteiger charge is 2.19. The second-order valence-electron chi connectivity index (χ2n) is 8.83.